The van der Waals surface area contributed by atoms with Gasteiger partial charge >= 0.3 is 5.97 Å². The number of aromatic nitrogens is 2. The molecule has 24 heavy (non-hydrogen) atoms. The van der Waals surface area contributed by atoms with Crippen molar-refractivity contribution in [2.24, 2.45) is 0 Å². The zero-order valence-electron chi connectivity index (χ0n) is 15.7. The van der Waals surface area contributed by atoms with Gasteiger partial charge in [-0.05, 0) is 18.1 Å². The average Bonchev–Trinajstić information content (AvgIpc) is 3.09. The number of nitrogens with zero attached hydrogens (tertiary/aromatic N) is 2. The Hall–Kier alpha value is -2.14. The van der Waals surface area contributed by atoms with E-state index in [0.717, 1.165) is 11.1 Å². The number of methoxy groups -OCH3 is 1. The van der Waals surface area contributed by atoms with Crippen LogP contribution in [0.3, 0.4) is 0 Å². The van der Waals surface area contributed by atoms with E-state index in [4.69, 9.17) is 9.47 Å². The van der Waals surface area contributed by atoms with Crippen molar-refractivity contribution >= 4 is 5.97 Å². The summed E-state index contributed by atoms with van der Waals surface area (Å²) in [5.41, 5.74) is 2.72. The van der Waals surface area contributed by atoms with Crippen molar-refractivity contribution in [3.63, 3.8) is 0 Å². The number of carbonyl (C=O) groups is 1. The van der Waals surface area contributed by atoms with Crippen LogP contribution in [0, 0.1) is 0 Å². The normalized spacial score (nSPS) is 9.25. The van der Waals surface area contributed by atoms with E-state index in [0.29, 0.717) is 25.3 Å². The monoisotopic (exact) mass is 334 g/mol. The summed E-state index contributed by atoms with van der Waals surface area (Å²) in [7, 11) is 1.68. The molecular weight excluding hydrogens is 304 g/mol. The molecule has 0 aliphatic rings. The minimum Gasteiger partial charge on any atom is -0.462 e. The van der Waals surface area contributed by atoms with Gasteiger partial charge in [-0.3, -0.25) is 4.68 Å². The van der Waals surface area contributed by atoms with Crippen molar-refractivity contribution in [3.05, 3.63) is 53.3 Å². The maximum atomic E-state index is 11.5. The van der Waals surface area contributed by atoms with E-state index in [1.165, 1.54) is 6.20 Å². The molecule has 0 N–H and O–H groups in total. The quantitative estimate of drug-likeness (QED) is 0.739. The van der Waals surface area contributed by atoms with Crippen LogP contribution in [0.1, 0.15) is 56.1 Å². The van der Waals surface area contributed by atoms with Gasteiger partial charge in [0, 0.05) is 13.3 Å². The SMILES string of the molecule is CC.CC.CCOC(=O)c1cnn(Cc2ccc(COC)cc2)c1. The molecule has 0 radical (unpaired) electrons. The summed E-state index contributed by atoms with van der Waals surface area (Å²) in [6.45, 7) is 11.4. The Morgan fingerprint density at radius 3 is 2.21 bits per heavy atom. The lowest BCUT2D eigenvalue weighted by molar-refractivity contribution is 0.0526. The van der Waals surface area contributed by atoms with Crippen LogP contribution in [0.4, 0.5) is 0 Å². The first-order chi connectivity index (χ1) is 11.7. The molecule has 0 fully saturated rings. The van der Waals surface area contributed by atoms with Crippen molar-refractivity contribution in [1.82, 2.24) is 9.78 Å². The third kappa shape index (κ3) is 7.42. The summed E-state index contributed by atoms with van der Waals surface area (Å²) in [5, 5.41) is 4.16. The minimum atomic E-state index is -0.339. The molecule has 0 saturated carbocycles. The predicted octanol–water partition coefficient (Wildman–Crippen LogP) is 4.31. The number of hydrogen-bond acceptors (Lipinski definition) is 4. The Morgan fingerprint density at radius 1 is 1.08 bits per heavy atom. The largest absolute Gasteiger partial charge is 0.462 e. The molecule has 2 aromatic rings. The first-order valence-corrected chi connectivity index (χ1v) is 8.49. The van der Waals surface area contributed by atoms with E-state index in [1.807, 2.05) is 52.0 Å². The van der Waals surface area contributed by atoms with E-state index >= 15 is 0 Å². The molecule has 5 nitrogen and oxygen atoms in total. The summed E-state index contributed by atoms with van der Waals surface area (Å²) < 4.78 is 11.7. The zero-order valence-corrected chi connectivity index (χ0v) is 15.7. The summed E-state index contributed by atoms with van der Waals surface area (Å²) in [6, 6.07) is 8.10. The third-order valence-corrected chi connectivity index (χ3v) is 2.82. The summed E-state index contributed by atoms with van der Waals surface area (Å²) in [6.07, 6.45) is 3.22. The zero-order chi connectivity index (χ0) is 18.4. The van der Waals surface area contributed by atoms with Gasteiger partial charge in [0.1, 0.15) is 0 Å². The van der Waals surface area contributed by atoms with E-state index < -0.39 is 0 Å². The van der Waals surface area contributed by atoms with Gasteiger partial charge in [-0.25, -0.2) is 4.79 Å². The van der Waals surface area contributed by atoms with Crippen molar-refractivity contribution < 1.29 is 14.3 Å². The highest BCUT2D eigenvalue weighted by atomic mass is 16.5. The first-order valence-electron chi connectivity index (χ1n) is 8.49. The molecule has 1 heterocycles. The lowest BCUT2D eigenvalue weighted by Gasteiger charge is -2.04. The maximum absolute atomic E-state index is 11.5. The Kier molecular flexibility index (Phi) is 12.1. The fourth-order valence-corrected chi connectivity index (χ4v) is 1.86. The molecule has 0 unspecified atom stereocenters. The second-order valence-electron chi connectivity index (χ2n) is 4.40. The van der Waals surface area contributed by atoms with Gasteiger partial charge in [0.2, 0.25) is 0 Å². The number of hydrogen-bond donors (Lipinski definition) is 0. The van der Waals surface area contributed by atoms with Gasteiger partial charge in [-0.2, -0.15) is 5.10 Å². The molecule has 5 heteroatoms. The van der Waals surface area contributed by atoms with Crippen LogP contribution in [0.5, 0.6) is 0 Å². The molecule has 2 rings (SSSR count). The summed E-state index contributed by atoms with van der Waals surface area (Å²) in [5.74, 6) is -0.339. The molecule has 0 aliphatic heterocycles. The average molecular weight is 334 g/mol. The fourth-order valence-electron chi connectivity index (χ4n) is 1.86. The molecule has 1 aromatic carbocycles. The highest BCUT2D eigenvalue weighted by Gasteiger charge is 2.09. The van der Waals surface area contributed by atoms with Crippen molar-refractivity contribution in [1.29, 1.82) is 0 Å². The highest BCUT2D eigenvalue weighted by Crippen LogP contribution is 2.08. The summed E-state index contributed by atoms with van der Waals surface area (Å²) in [4.78, 5) is 11.5. The van der Waals surface area contributed by atoms with Crippen LogP contribution < -0.4 is 0 Å². The standard InChI is InChI=1S/C15H18N2O3.2C2H6/c1-3-20-15(18)14-8-16-17(10-14)9-12-4-6-13(7-5-12)11-19-2;2*1-2/h4-8,10H,3,9,11H2,1-2H3;2*1-2H3. The first kappa shape index (κ1) is 21.9. The Labute approximate surface area is 145 Å². The van der Waals surface area contributed by atoms with E-state index in [-0.39, 0.29) is 5.97 Å². The predicted molar refractivity (Wildman–Crippen MR) is 97.1 cm³/mol. The van der Waals surface area contributed by atoms with Gasteiger partial charge in [-0.15, -0.1) is 0 Å². The molecule has 0 saturated heterocycles. The number of carbonyl (C=O) groups excluding carboxylic acids is 1. The van der Waals surface area contributed by atoms with Crippen LogP contribution in [-0.4, -0.2) is 29.5 Å². The van der Waals surface area contributed by atoms with E-state index in [2.05, 4.69) is 5.10 Å². The number of ether oxygens (including phenoxy) is 2. The van der Waals surface area contributed by atoms with Crippen molar-refractivity contribution in [3.8, 4) is 0 Å². The van der Waals surface area contributed by atoms with Crippen LogP contribution in [0.2, 0.25) is 0 Å². The molecule has 0 aliphatic carbocycles. The Balaban J connectivity index is 0.00000123. The second kappa shape index (κ2) is 13.3. The maximum Gasteiger partial charge on any atom is 0.341 e. The number of rotatable bonds is 6. The van der Waals surface area contributed by atoms with Gasteiger partial charge in [-0.1, -0.05) is 52.0 Å². The smallest absolute Gasteiger partial charge is 0.341 e. The van der Waals surface area contributed by atoms with Crippen LogP contribution in [-0.2, 0) is 22.6 Å². The Bertz CT molecular complexity index is 562. The van der Waals surface area contributed by atoms with Gasteiger partial charge in [0.05, 0.1) is 31.5 Å². The van der Waals surface area contributed by atoms with Gasteiger partial charge in [0.25, 0.3) is 0 Å². The fraction of sp³-hybridized carbons (Fsp3) is 0.474. The second-order valence-corrected chi connectivity index (χ2v) is 4.40. The van der Waals surface area contributed by atoms with E-state index in [9.17, 15) is 4.79 Å². The molecule has 0 amide bonds. The minimum absolute atomic E-state index is 0.339. The van der Waals surface area contributed by atoms with Crippen LogP contribution in [0.25, 0.3) is 0 Å². The lowest BCUT2D eigenvalue weighted by Crippen LogP contribution is -2.04. The lowest BCUT2D eigenvalue weighted by atomic mass is 10.1. The number of benzene rings is 1. The van der Waals surface area contributed by atoms with Crippen molar-refractivity contribution in [2.75, 3.05) is 13.7 Å². The molecule has 0 bridgehead atoms. The van der Waals surface area contributed by atoms with Crippen LogP contribution in [0.15, 0.2) is 36.7 Å². The topological polar surface area (TPSA) is 53.3 Å². The molecule has 1 aromatic heterocycles. The van der Waals surface area contributed by atoms with Crippen LogP contribution >= 0.6 is 0 Å². The summed E-state index contributed by atoms with van der Waals surface area (Å²) >= 11 is 0. The number of esters is 1. The highest BCUT2D eigenvalue weighted by molar-refractivity contribution is 5.88. The molecule has 0 spiro atoms. The van der Waals surface area contributed by atoms with E-state index in [1.54, 1.807) is 24.9 Å². The molecule has 134 valence electrons. The third-order valence-electron chi connectivity index (χ3n) is 2.82. The van der Waals surface area contributed by atoms with Gasteiger partial charge in [0.15, 0.2) is 0 Å². The molecular formula is C19H30N2O3. The van der Waals surface area contributed by atoms with Gasteiger partial charge < -0.3 is 9.47 Å². The van der Waals surface area contributed by atoms with Crippen molar-refractivity contribution in [2.45, 2.75) is 47.8 Å². The molecule has 0 atom stereocenters. The Morgan fingerprint density at radius 2 is 1.67 bits per heavy atom.